The van der Waals surface area contributed by atoms with Gasteiger partial charge in [-0.05, 0) is 12.1 Å². The topological polar surface area (TPSA) is 99.9 Å². The highest BCUT2D eigenvalue weighted by Crippen LogP contribution is 2.14. The summed E-state index contributed by atoms with van der Waals surface area (Å²) < 4.78 is 0. The fraction of sp³-hybridized carbons (Fsp3) is 0. The second kappa shape index (κ2) is 2.54. The molecule has 1 aromatic carbocycles. The third-order valence-electron chi connectivity index (χ3n) is 2.60. The van der Waals surface area contributed by atoms with Gasteiger partial charge in [0.1, 0.15) is 0 Å². The quantitative estimate of drug-likeness (QED) is 0.501. The molecule has 0 saturated heterocycles. The summed E-state index contributed by atoms with van der Waals surface area (Å²) in [7, 11) is 0. The van der Waals surface area contributed by atoms with Crippen molar-refractivity contribution in [1.82, 2.24) is 9.97 Å². The van der Waals surface area contributed by atoms with Crippen LogP contribution in [0.4, 0.5) is 0 Å². The third kappa shape index (κ3) is 0.855. The van der Waals surface area contributed by atoms with Crippen LogP contribution < -0.4 is 22.2 Å². The number of hydrogen-bond acceptors (Lipinski definition) is 4. The number of H-pyrrole nitrogens is 2. The van der Waals surface area contributed by atoms with Crippen molar-refractivity contribution in [2.24, 2.45) is 0 Å². The lowest BCUT2D eigenvalue weighted by Crippen LogP contribution is -2.07. The van der Waals surface area contributed by atoms with E-state index in [-0.39, 0.29) is 21.5 Å². The molecule has 0 amide bonds. The van der Waals surface area contributed by atoms with E-state index < -0.39 is 22.2 Å². The van der Waals surface area contributed by atoms with Gasteiger partial charge in [-0.3, -0.25) is 29.1 Å². The molecule has 6 nitrogen and oxygen atoms in total. The van der Waals surface area contributed by atoms with Crippen molar-refractivity contribution in [1.29, 1.82) is 0 Å². The molecule has 0 aliphatic rings. The molecule has 3 rings (SSSR count). The van der Waals surface area contributed by atoms with E-state index in [1.54, 1.807) is 0 Å². The minimum absolute atomic E-state index is 0.00847. The second-order valence-electron chi connectivity index (χ2n) is 3.48. The van der Waals surface area contributed by atoms with Crippen LogP contribution in [0.2, 0.25) is 0 Å². The summed E-state index contributed by atoms with van der Waals surface area (Å²) in [6, 6.07) is 2.74. The first kappa shape index (κ1) is 8.78. The van der Waals surface area contributed by atoms with Crippen molar-refractivity contribution < 1.29 is 0 Å². The van der Waals surface area contributed by atoms with Crippen LogP contribution >= 0.6 is 0 Å². The first-order chi connectivity index (χ1) is 7.59. The van der Waals surface area contributed by atoms with E-state index in [9.17, 15) is 19.2 Å². The molecule has 78 valence electrons. The van der Waals surface area contributed by atoms with E-state index in [1.165, 1.54) is 12.1 Å². The molecule has 2 heterocycles. The van der Waals surface area contributed by atoms with Crippen LogP contribution in [0.5, 0.6) is 0 Å². The SMILES string of the molecule is O=c1[nH]c(=O)c2c1ccc1c(=O)[nH]c(=O)c12. The van der Waals surface area contributed by atoms with Crippen LogP contribution in [0, 0.1) is 0 Å². The summed E-state index contributed by atoms with van der Waals surface area (Å²) in [5.41, 5.74) is -2.37. The number of aromatic amines is 2. The molecule has 3 aromatic rings. The summed E-state index contributed by atoms with van der Waals surface area (Å²) in [6.07, 6.45) is 0. The van der Waals surface area contributed by atoms with E-state index in [2.05, 4.69) is 9.97 Å². The smallest absolute Gasteiger partial charge is 0.259 e. The Hall–Kier alpha value is -2.50. The summed E-state index contributed by atoms with van der Waals surface area (Å²) in [6.45, 7) is 0. The average Bonchev–Trinajstić information content (AvgIpc) is 2.67. The maximum atomic E-state index is 11.5. The molecule has 0 bridgehead atoms. The Morgan fingerprint density at radius 2 is 1.00 bits per heavy atom. The fourth-order valence-electron chi connectivity index (χ4n) is 1.92. The standard InChI is InChI=1S/C10H4N2O4/c13-7-3-1-2-4-6(5(3)9(15)11-7)10(16)12-8(4)14/h1-2H,(H,11,13,15)(H,12,14,16). The molecule has 0 radical (unpaired) electrons. The molecule has 0 atom stereocenters. The van der Waals surface area contributed by atoms with Crippen LogP contribution in [0.15, 0.2) is 31.3 Å². The van der Waals surface area contributed by atoms with E-state index in [0.717, 1.165) is 0 Å². The van der Waals surface area contributed by atoms with Crippen molar-refractivity contribution in [2.75, 3.05) is 0 Å². The molecule has 0 unspecified atom stereocenters. The average molecular weight is 216 g/mol. The number of rotatable bonds is 0. The molecule has 6 heteroatoms. The molecular formula is C10H4N2O4. The van der Waals surface area contributed by atoms with E-state index in [4.69, 9.17) is 0 Å². The minimum atomic E-state index is -0.637. The molecule has 2 aromatic heterocycles. The van der Waals surface area contributed by atoms with Gasteiger partial charge in [-0.2, -0.15) is 0 Å². The van der Waals surface area contributed by atoms with Crippen LogP contribution in [-0.2, 0) is 0 Å². The van der Waals surface area contributed by atoms with Gasteiger partial charge < -0.3 is 0 Å². The number of benzene rings is 1. The first-order valence-corrected chi connectivity index (χ1v) is 4.48. The first-order valence-electron chi connectivity index (χ1n) is 4.48. The lowest BCUT2D eigenvalue weighted by Gasteiger charge is -1.87. The monoisotopic (exact) mass is 216 g/mol. The molecule has 0 saturated carbocycles. The molecule has 0 aliphatic carbocycles. The van der Waals surface area contributed by atoms with Crippen LogP contribution in [-0.4, -0.2) is 9.97 Å². The lowest BCUT2D eigenvalue weighted by molar-refractivity contribution is 1.26. The van der Waals surface area contributed by atoms with Crippen molar-refractivity contribution >= 4 is 21.5 Å². The zero-order chi connectivity index (χ0) is 11.4. The predicted molar refractivity (Wildman–Crippen MR) is 57.6 cm³/mol. The Labute approximate surface area is 85.9 Å². The number of fused-ring (bicyclic) bond motifs is 3. The summed E-state index contributed by atoms with van der Waals surface area (Å²) in [5, 5.41) is 0.249. The Balaban J connectivity index is 2.92. The van der Waals surface area contributed by atoms with E-state index in [1.807, 2.05) is 0 Å². The maximum absolute atomic E-state index is 11.5. The highest BCUT2D eigenvalue weighted by atomic mass is 16.2. The molecule has 0 aliphatic heterocycles. The van der Waals surface area contributed by atoms with Crippen LogP contribution in [0.3, 0.4) is 0 Å². The van der Waals surface area contributed by atoms with Crippen molar-refractivity contribution in [3.63, 3.8) is 0 Å². The Morgan fingerprint density at radius 1 is 0.625 bits per heavy atom. The van der Waals surface area contributed by atoms with Crippen molar-refractivity contribution in [2.45, 2.75) is 0 Å². The van der Waals surface area contributed by atoms with Gasteiger partial charge in [0.2, 0.25) is 0 Å². The Morgan fingerprint density at radius 3 is 1.38 bits per heavy atom. The maximum Gasteiger partial charge on any atom is 0.259 e. The van der Waals surface area contributed by atoms with E-state index >= 15 is 0 Å². The molecule has 16 heavy (non-hydrogen) atoms. The van der Waals surface area contributed by atoms with Crippen LogP contribution in [0.25, 0.3) is 21.5 Å². The van der Waals surface area contributed by atoms with E-state index in [0.29, 0.717) is 0 Å². The Bertz CT molecular complexity index is 844. The van der Waals surface area contributed by atoms with Gasteiger partial charge in [0.25, 0.3) is 22.2 Å². The lowest BCUT2D eigenvalue weighted by atomic mass is 10.1. The number of aromatic nitrogens is 2. The zero-order valence-corrected chi connectivity index (χ0v) is 7.79. The minimum Gasteiger partial charge on any atom is -0.288 e. The highest BCUT2D eigenvalue weighted by molar-refractivity contribution is 6.06. The Kier molecular flexibility index (Phi) is 1.40. The number of nitrogens with one attached hydrogen (secondary N) is 2. The van der Waals surface area contributed by atoms with Gasteiger partial charge in [-0.15, -0.1) is 0 Å². The zero-order valence-electron chi connectivity index (χ0n) is 7.79. The van der Waals surface area contributed by atoms with Gasteiger partial charge in [0, 0.05) is 0 Å². The van der Waals surface area contributed by atoms with Gasteiger partial charge in [0.15, 0.2) is 0 Å². The van der Waals surface area contributed by atoms with Gasteiger partial charge >= 0.3 is 0 Å². The highest BCUT2D eigenvalue weighted by Gasteiger charge is 2.15. The van der Waals surface area contributed by atoms with Crippen LogP contribution in [0.1, 0.15) is 0 Å². The molecule has 2 N–H and O–H groups in total. The molecule has 0 fully saturated rings. The molecular weight excluding hydrogens is 212 g/mol. The van der Waals surface area contributed by atoms with Gasteiger partial charge in [-0.25, -0.2) is 0 Å². The number of hydrogen-bond donors (Lipinski definition) is 2. The fourth-order valence-corrected chi connectivity index (χ4v) is 1.92. The second-order valence-corrected chi connectivity index (χ2v) is 3.48. The summed E-state index contributed by atoms with van der Waals surface area (Å²) >= 11 is 0. The normalized spacial score (nSPS) is 11.5. The van der Waals surface area contributed by atoms with Crippen molar-refractivity contribution in [3.8, 4) is 0 Å². The summed E-state index contributed by atoms with van der Waals surface area (Å²) in [4.78, 5) is 49.7. The third-order valence-corrected chi connectivity index (χ3v) is 2.60. The largest absolute Gasteiger partial charge is 0.288 e. The van der Waals surface area contributed by atoms with Gasteiger partial charge in [-0.1, -0.05) is 0 Å². The summed E-state index contributed by atoms with van der Waals surface area (Å²) in [5.74, 6) is 0. The predicted octanol–water partition coefficient (Wildman–Crippen LogP) is -1.03. The van der Waals surface area contributed by atoms with Gasteiger partial charge in [0.05, 0.1) is 21.5 Å². The molecule has 0 spiro atoms. The van der Waals surface area contributed by atoms with Crippen molar-refractivity contribution in [3.05, 3.63) is 53.5 Å².